The summed E-state index contributed by atoms with van der Waals surface area (Å²) in [6, 6.07) is 7.70. The van der Waals surface area contributed by atoms with E-state index in [4.69, 9.17) is 0 Å². The zero-order chi connectivity index (χ0) is 16.0. The van der Waals surface area contributed by atoms with Gasteiger partial charge in [-0.3, -0.25) is 9.69 Å². The molecule has 1 aliphatic heterocycles. The fraction of sp³-hybridized carbons (Fsp3) is 0.526. The Hall–Kier alpha value is -1.65. The first-order chi connectivity index (χ1) is 11.1. The maximum Gasteiger partial charge on any atom is 0.189 e. The van der Waals surface area contributed by atoms with Crippen molar-refractivity contribution in [3.63, 3.8) is 0 Å². The highest BCUT2D eigenvalue weighted by atomic mass is 16.3. The summed E-state index contributed by atoms with van der Waals surface area (Å²) >= 11 is 0. The van der Waals surface area contributed by atoms with E-state index in [-0.39, 0.29) is 10.8 Å². The Balaban J connectivity index is 1.59. The van der Waals surface area contributed by atoms with Crippen LogP contribution in [0.5, 0.6) is 0 Å². The first kappa shape index (κ1) is 14.9. The summed E-state index contributed by atoms with van der Waals surface area (Å²) in [6.07, 6.45) is 3.61. The fourth-order valence-corrected chi connectivity index (χ4v) is 4.65. The number of rotatable bonds is 3. The van der Waals surface area contributed by atoms with E-state index in [1.54, 1.807) is 6.07 Å². The quantitative estimate of drug-likeness (QED) is 0.915. The lowest BCUT2D eigenvalue weighted by Crippen LogP contribution is -2.31. The van der Waals surface area contributed by atoms with Gasteiger partial charge in [0.1, 0.15) is 0 Å². The molecule has 2 atom stereocenters. The predicted octanol–water partition coefficient (Wildman–Crippen LogP) is 2.43. The van der Waals surface area contributed by atoms with Gasteiger partial charge in [0.05, 0.1) is 6.61 Å². The highest BCUT2D eigenvalue weighted by Gasteiger charge is 2.48. The van der Waals surface area contributed by atoms with Crippen molar-refractivity contribution >= 4 is 10.9 Å². The molecule has 0 amide bonds. The van der Waals surface area contributed by atoms with Crippen LogP contribution in [0.1, 0.15) is 30.5 Å². The number of benzene rings is 1. The number of likely N-dealkylation sites (tertiary alicyclic amines) is 1. The van der Waals surface area contributed by atoms with E-state index in [1.165, 1.54) is 12.8 Å². The molecule has 23 heavy (non-hydrogen) atoms. The number of aromatic amines is 1. The molecule has 2 N–H and O–H groups in total. The van der Waals surface area contributed by atoms with E-state index in [0.29, 0.717) is 12.5 Å². The largest absolute Gasteiger partial charge is 0.396 e. The van der Waals surface area contributed by atoms with Crippen molar-refractivity contribution in [2.24, 2.45) is 11.3 Å². The summed E-state index contributed by atoms with van der Waals surface area (Å²) < 4.78 is 0. The number of hydrogen-bond acceptors (Lipinski definition) is 3. The number of nitrogens with one attached hydrogen (secondary N) is 1. The average Bonchev–Trinajstić information content (AvgIpc) is 3.05. The average molecular weight is 312 g/mol. The molecule has 0 unspecified atom stereocenters. The van der Waals surface area contributed by atoms with Crippen LogP contribution in [0.2, 0.25) is 0 Å². The summed E-state index contributed by atoms with van der Waals surface area (Å²) in [4.78, 5) is 18.2. The zero-order valence-corrected chi connectivity index (χ0v) is 13.6. The molecule has 1 aromatic carbocycles. The lowest BCUT2D eigenvalue weighted by molar-refractivity contribution is 0.111. The first-order valence-electron chi connectivity index (χ1n) is 8.55. The van der Waals surface area contributed by atoms with Gasteiger partial charge in [0.15, 0.2) is 5.43 Å². The van der Waals surface area contributed by atoms with Crippen LogP contribution in [-0.2, 0) is 6.54 Å². The Labute approximate surface area is 136 Å². The molecule has 0 bridgehead atoms. The normalized spacial score (nSPS) is 27.7. The summed E-state index contributed by atoms with van der Waals surface area (Å²) in [5.74, 6) is 0.613. The Morgan fingerprint density at radius 3 is 3.04 bits per heavy atom. The number of pyridine rings is 1. The van der Waals surface area contributed by atoms with Gasteiger partial charge in [-0.05, 0) is 37.8 Å². The van der Waals surface area contributed by atoms with Crippen LogP contribution in [0.3, 0.4) is 0 Å². The SMILES string of the molecule is Cc1ccc2[nH]c(CN3C[C@@H]4CCC[C@]4(CO)C3)cc(=O)c2c1. The number of hydrogen-bond donors (Lipinski definition) is 2. The van der Waals surface area contributed by atoms with Crippen molar-refractivity contribution < 1.29 is 5.11 Å². The van der Waals surface area contributed by atoms with Crippen LogP contribution in [0.15, 0.2) is 29.1 Å². The molecule has 2 heterocycles. The van der Waals surface area contributed by atoms with Gasteiger partial charge in [-0.2, -0.15) is 0 Å². The predicted molar refractivity (Wildman–Crippen MR) is 91.4 cm³/mol. The third-order valence-corrected chi connectivity index (χ3v) is 5.86. The molecule has 4 nitrogen and oxygen atoms in total. The lowest BCUT2D eigenvalue weighted by Gasteiger charge is -2.26. The zero-order valence-electron chi connectivity index (χ0n) is 13.6. The number of nitrogens with zero attached hydrogens (tertiary/aromatic N) is 1. The van der Waals surface area contributed by atoms with Crippen LogP contribution in [0.4, 0.5) is 0 Å². The Morgan fingerprint density at radius 2 is 2.26 bits per heavy atom. The third-order valence-electron chi connectivity index (χ3n) is 5.86. The van der Waals surface area contributed by atoms with Gasteiger partial charge in [-0.1, -0.05) is 18.1 Å². The molecular formula is C19H24N2O2. The van der Waals surface area contributed by atoms with Crippen molar-refractivity contribution in [1.82, 2.24) is 9.88 Å². The van der Waals surface area contributed by atoms with E-state index >= 15 is 0 Å². The number of aryl methyl sites for hydroxylation is 1. The Bertz CT molecular complexity index is 798. The number of aliphatic hydroxyl groups is 1. The molecular weight excluding hydrogens is 288 g/mol. The molecule has 1 saturated carbocycles. The summed E-state index contributed by atoms with van der Waals surface area (Å²) in [7, 11) is 0. The molecule has 122 valence electrons. The number of H-pyrrole nitrogens is 1. The van der Waals surface area contributed by atoms with Gasteiger partial charge in [0.25, 0.3) is 0 Å². The second-order valence-corrected chi connectivity index (χ2v) is 7.49. The second kappa shape index (κ2) is 5.46. The van der Waals surface area contributed by atoms with Gasteiger partial charge < -0.3 is 10.1 Å². The number of fused-ring (bicyclic) bond motifs is 2. The van der Waals surface area contributed by atoms with E-state index in [1.807, 2.05) is 25.1 Å². The van der Waals surface area contributed by atoms with Crippen molar-refractivity contribution in [2.45, 2.75) is 32.7 Å². The smallest absolute Gasteiger partial charge is 0.189 e. The molecule has 0 radical (unpaired) electrons. The highest BCUT2D eigenvalue weighted by Crippen LogP contribution is 2.48. The van der Waals surface area contributed by atoms with Crippen LogP contribution < -0.4 is 5.43 Å². The molecule has 1 saturated heterocycles. The number of aliphatic hydroxyl groups excluding tert-OH is 1. The summed E-state index contributed by atoms with van der Waals surface area (Å²) in [5.41, 5.74) is 3.18. The van der Waals surface area contributed by atoms with Crippen molar-refractivity contribution in [1.29, 1.82) is 0 Å². The summed E-state index contributed by atoms with van der Waals surface area (Å²) in [5, 5.41) is 10.6. The van der Waals surface area contributed by atoms with Crippen LogP contribution in [0, 0.1) is 18.3 Å². The molecule has 1 aromatic heterocycles. The lowest BCUT2D eigenvalue weighted by atomic mass is 9.82. The van der Waals surface area contributed by atoms with Crippen LogP contribution in [0.25, 0.3) is 10.9 Å². The maximum absolute atomic E-state index is 12.4. The molecule has 2 aliphatic rings. The molecule has 4 heteroatoms. The number of aromatic nitrogens is 1. The minimum Gasteiger partial charge on any atom is -0.396 e. The van der Waals surface area contributed by atoms with Crippen LogP contribution in [-0.4, -0.2) is 34.7 Å². The molecule has 1 aliphatic carbocycles. The van der Waals surface area contributed by atoms with Gasteiger partial charge in [-0.25, -0.2) is 0 Å². The van der Waals surface area contributed by atoms with Crippen LogP contribution >= 0.6 is 0 Å². The first-order valence-corrected chi connectivity index (χ1v) is 8.55. The Kier molecular flexibility index (Phi) is 3.54. The molecule has 4 rings (SSSR count). The van der Waals surface area contributed by atoms with E-state index in [2.05, 4.69) is 9.88 Å². The maximum atomic E-state index is 12.4. The standard InChI is InChI=1S/C19H24N2O2/c1-13-4-5-17-16(7-13)18(23)8-15(20-17)10-21-9-14-3-2-6-19(14,11-21)12-22/h4-5,7-8,14,22H,2-3,6,9-12H2,1H3,(H,20,23)/t14-,19+/m0/s1. The minimum atomic E-state index is 0.0914. The minimum absolute atomic E-state index is 0.0914. The van der Waals surface area contributed by atoms with Crippen molar-refractivity contribution in [3.8, 4) is 0 Å². The van der Waals surface area contributed by atoms with E-state index in [0.717, 1.165) is 48.2 Å². The Morgan fingerprint density at radius 1 is 1.39 bits per heavy atom. The monoisotopic (exact) mass is 312 g/mol. The molecule has 2 aromatic rings. The van der Waals surface area contributed by atoms with Crippen molar-refractivity contribution in [2.75, 3.05) is 19.7 Å². The summed E-state index contributed by atoms with van der Waals surface area (Å²) in [6.45, 7) is 5.04. The highest BCUT2D eigenvalue weighted by molar-refractivity contribution is 5.79. The van der Waals surface area contributed by atoms with E-state index in [9.17, 15) is 9.90 Å². The third kappa shape index (κ3) is 2.50. The van der Waals surface area contributed by atoms with E-state index < -0.39 is 0 Å². The fourth-order valence-electron chi connectivity index (χ4n) is 4.65. The van der Waals surface area contributed by atoms with Gasteiger partial charge in [-0.15, -0.1) is 0 Å². The van der Waals surface area contributed by atoms with Gasteiger partial charge >= 0.3 is 0 Å². The second-order valence-electron chi connectivity index (χ2n) is 7.49. The van der Waals surface area contributed by atoms with Gasteiger partial charge in [0.2, 0.25) is 0 Å². The topological polar surface area (TPSA) is 56.3 Å². The molecule has 2 fully saturated rings. The molecule has 0 spiro atoms. The van der Waals surface area contributed by atoms with Crippen molar-refractivity contribution in [3.05, 3.63) is 45.7 Å². The van der Waals surface area contributed by atoms with Gasteiger partial charge in [0, 0.05) is 47.7 Å².